The van der Waals surface area contributed by atoms with Crippen molar-refractivity contribution in [3.05, 3.63) is 58.3 Å². The zero-order valence-electron chi connectivity index (χ0n) is 24.3. The quantitative estimate of drug-likeness (QED) is 0.299. The van der Waals surface area contributed by atoms with Crippen LogP contribution in [-0.2, 0) is 20.8 Å². The molecule has 10 nitrogen and oxygen atoms in total. The Bertz CT molecular complexity index is 1400. The molecular formula is C31H36Cl2N6O4. The van der Waals surface area contributed by atoms with Crippen molar-refractivity contribution in [2.24, 2.45) is 0 Å². The number of methoxy groups -OCH3 is 1. The average Bonchev–Trinajstić information content (AvgIpc) is 2.97. The van der Waals surface area contributed by atoms with Crippen molar-refractivity contribution < 1.29 is 19.0 Å². The van der Waals surface area contributed by atoms with E-state index in [2.05, 4.69) is 24.7 Å². The number of esters is 1. The Kier molecular flexibility index (Phi) is 9.59. The fraction of sp³-hybridized carbons (Fsp3) is 0.484. The van der Waals surface area contributed by atoms with Gasteiger partial charge in [0.2, 0.25) is 11.8 Å². The van der Waals surface area contributed by atoms with E-state index >= 15 is 0 Å². The van der Waals surface area contributed by atoms with E-state index in [1.54, 1.807) is 18.5 Å². The molecule has 3 aliphatic rings. The first-order valence-corrected chi connectivity index (χ1v) is 15.5. The molecule has 5 heterocycles. The van der Waals surface area contributed by atoms with Crippen LogP contribution in [0.5, 0.6) is 11.6 Å². The van der Waals surface area contributed by atoms with Crippen LogP contribution in [0.25, 0.3) is 11.3 Å². The number of likely N-dealkylation sites (tertiary alicyclic amines) is 1. The zero-order valence-corrected chi connectivity index (χ0v) is 25.8. The van der Waals surface area contributed by atoms with Crippen LogP contribution in [0.15, 0.2) is 42.7 Å². The smallest absolute Gasteiger partial charge is 0.307 e. The number of anilines is 1. The van der Waals surface area contributed by atoms with Gasteiger partial charge in [0.25, 0.3) is 0 Å². The summed E-state index contributed by atoms with van der Waals surface area (Å²) in [6.45, 7) is 6.89. The highest BCUT2D eigenvalue weighted by Crippen LogP contribution is 2.31. The first-order chi connectivity index (χ1) is 20.9. The number of rotatable bonds is 9. The molecule has 1 atom stereocenters. The molecule has 0 aliphatic carbocycles. The molecule has 2 aromatic heterocycles. The minimum absolute atomic E-state index is 0.118. The topological polar surface area (TPSA) is 93.2 Å². The number of aromatic nitrogens is 3. The molecule has 0 saturated carbocycles. The predicted octanol–water partition coefficient (Wildman–Crippen LogP) is 5.08. The summed E-state index contributed by atoms with van der Waals surface area (Å²) >= 11 is 12.7. The van der Waals surface area contributed by atoms with E-state index < -0.39 is 0 Å². The Morgan fingerprint density at radius 2 is 1.72 bits per heavy atom. The number of hydrogen-bond donors (Lipinski definition) is 0. The van der Waals surface area contributed by atoms with E-state index in [9.17, 15) is 4.79 Å². The first-order valence-electron chi connectivity index (χ1n) is 14.8. The Hall–Kier alpha value is -3.02. The Balaban J connectivity index is 1.20. The molecule has 1 aromatic carbocycles. The molecule has 0 amide bonds. The molecule has 3 aliphatic heterocycles. The highest BCUT2D eigenvalue weighted by molar-refractivity contribution is 6.35. The summed E-state index contributed by atoms with van der Waals surface area (Å²) in [6, 6.07) is 9.97. The maximum Gasteiger partial charge on any atom is 0.307 e. The lowest BCUT2D eigenvalue weighted by Gasteiger charge is -2.42. The number of piperidine rings is 1. The van der Waals surface area contributed by atoms with Crippen LogP contribution < -0.4 is 9.64 Å². The molecule has 0 radical (unpaired) electrons. The Labute approximate surface area is 261 Å². The Morgan fingerprint density at radius 3 is 2.40 bits per heavy atom. The number of pyridine rings is 1. The van der Waals surface area contributed by atoms with E-state index in [1.165, 1.54) is 7.11 Å². The summed E-state index contributed by atoms with van der Waals surface area (Å²) in [4.78, 5) is 33.1. The second kappa shape index (κ2) is 13.7. The van der Waals surface area contributed by atoms with Crippen molar-refractivity contribution in [3.63, 3.8) is 0 Å². The van der Waals surface area contributed by atoms with E-state index in [0.29, 0.717) is 52.3 Å². The predicted molar refractivity (Wildman–Crippen MR) is 165 cm³/mol. The van der Waals surface area contributed by atoms with Crippen molar-refractivity contribution >= 4 is 35.1 Å². The van der Waals surface area contributed by atoms with Crippen molar-refractivity contribution in [1.29, 1.82) is 0 Å². The van der Waals surface area contributed by atoms with Crippen molar-refractivity contribution in [3.8, 4) is 22.9 Å². The number of halogens is 2. The van der Waals surface area contributed by atoms with Gasteiger partial charge in [-0.25, -0.2) is 15.0 Å². The fourth-order valence-electron chi connectivity index (χ4n) is 5.93. The van der Waals surface area contributed by atoms with Gasteiger partial charge in [-0.3, -0.25) is 14.6 Å². The normalized spacial score (nSPS) is 20.1. The van der Waals surface area contributed by atoms with Gasteiger partial charge in [-0.05, 0) is 49.2 Å². The van der Waals surface area contributed by atoms with E-state index in [4.69, 9.17) is 42.4 Å². The molecule has 228 valence electrons. The summed E-state index contributed by atoms with van der Waals surface area (Å²) in [7, 11) is 1.44. The molecule has 3 aromatic rings. The van der Waals surface area contributed by atoms with E-state index in [-0.39, 0.29) is 12.0 Å². The maximum absolute atomic E-state index is 12.1. The number of ether oxygens (including phenoxy) is 3. The number of piperazine rings is 1. The third-order valence-corrected chi connectivity index (χ3v) is 8.79. The molecule has 1 unspecified atom stereocenters. The molecular weight excluding hydrogens is 591 g/mol. The fourth-order valence-corrected chi connectivity index (χ4v) is 6.46. The van der Waals surface area contributed by atoms with E-state index in [0.717, 1.165) is 76.3 Å². The Morgan fingerprint density at radius 1 is 0.977 bits per heavy atom. The average molecular weight is 628 g/mol. The molecule has 6 rings (SSSR count). The van der Waals surface area contributed by atoms with Crippen LogP contribution in [0.1, 0.15) is 31.2 Å². The molecule has 3 saturated heterocycles. The van der Waals surface area contributed by atoms with Gasteiger partial charge in [-0.2, -0.15) is 0 Å². The van der Waals surface area contributed by atoms with Gasteiger partial charge in [-0.1, -0.05) is 29.6 Å². The lowest BCUT2D eigenvalue weighted by molar-refractivity contribution is -0.142. The highest BCUT2D eigenvalue weighted by Gasteiger charge is 2.29. The van der Waals surface area contributed by atoms with Crippen LogP contribution in [-0.4, -0.2) is 95.9 Å². The summed E-state index contributed by atoms with van der Waals surface area (Å²) < 4.78 is 16.5. The molecule has 0 spiro atoms. The van der Waals surface area contributed by atoms with Crippen LogP contribution in [0.3, 0.4) is 0 Å². The molecule has 3 fully saturated rings. The van der Waals surface area contributed by atoms with Gasteiger partial charge < -0.3 is 19.1 Å². The van der Waals surface area contributed by atoms with Gasteiger partial charge in [0.1, 0.15) is 0 Å². The van der Waals surface area contributed by atoms with Crippen molar-refractivity contribution in [1.82, 2.24) is 24.8 Å². The molecule has 0 N–H and O–H groups in total. The molecule has 43 heavy (non-hydrogen) atoms. The summed E-state index contributed by atoms with van der Waals surface area (Å²) in [5, 5.41) is 1.05. The standard InChI is InChI=1S/C31H36Cl2N6O4/c1-41-30(40)15-25-4-2-3-5-39(25)18-21-10-28(22-12-23(32)14-24(33)13-22)36-29(11-21)43-27-16-34-31(35-17-27)38-8-6-37(7-9-38)26-19-42-20-26/h10-14,16-17,25-26H,2-9,15,18-20H2,1H3. The summed E-state index contributed by atoms with van der Waals surface area (Å²) in [5.74, 6) is 1.41. The van der Waals surface area contributed by atoms with Crippen LogP contribution in [0.2, 0.25) is 10.0 Å². The van der Waals surface area contributed by atoms with Gasteiger partial charge in [0.15, 0.2) is 5.75 Å². The van der Waals surface area contributed by atoms with Gasteiger partial charge in [0, 0.05) is 60.4 Å². The highest BCUT2D eigenvalue weighted by atomic mass is 35.5. The third kappa shape index (κ3) is 7.56. The minimum atomic E-state index is -0.191. The number of carbonyl (C=O) groups excluding carboxylic acids is 1. The van der Waals surface area contributed by atoms with Crippen LogP contribution in [0.4, 0.5) is 5.95 Å². The number of nitrogens with zero attached hydrogens (tertiary/aromatic N) is 6. The monoisotopic (exact) mass is 626 g/mol. The van der Waals surface area contributed by atoms with Crippen LogP contribution in [0, 0.1) is 0 Å². The van der Waals surface area contributed by atoms with Crippen LogP contribution >= 0.6 is 23.2 Å². The SMILES string of the molecule is COC(=O)CC1CCCCN1Cc1cc(Oc2cnc(N3CCN(C4COC4)CC3)nc2)nc(-c2cc(Cl)cc(Cl)c2)c1. The van der Waals surface area contributed by atoms with Gasteiger partial charge in [-0.15, -0.1) is 0 Å². The summed E-state index contributed by atoms with van der Waals surface area (Å²) in [6.07, 6.45) is 6.88. The second-order valence-electron chi connectivity index (χ2n) is 11.3. The number of hydrogen-bond acceptors (Lipinski definition) is 10. The molecule has 0 bridgehead atoms. The van der Waals surface area contributed by atoms with Gasteiger partial charge in [0.05, 0.1) is 50.9 Å². The van der Waals surface area contributed by atoms with E-state index in [1.807, 2.05) is 24.3 Å². The third-order valence-electron chi connectivity index (χ3n) is 8.36. The number of benzene rings is 1. The lowest BCUT2D eigenvalue weighted by Crippen LogP contribution is -2.56. The molecule has 12 heteroatoms. The summed E-state index contributed by atoms with van der Waals surface area (Å²) in [5.41, 5.74) is 2.47. The minimum Gasteiger partial charge on any atom is -0.469 e. The zero-order chi connectivity index (χ0) is 29.8. The first kappa shape index (κ1) is 30.0. The lowest BCUT2D eigenvalue weighted by atomic mass is 9.98. The maximum atomic E-state index is 12.1. The van der Waals surface area contributed by atoms with Gasteiger partial charge >= 0.3 is 5.97 Å². The van der Waals surface area contributed by atoms with Crippen molar-refractivity contribution in [2.45, 2.75) is 44.3 Å². The second-order valence-corrected chi connectivity index (χ2v) is 12.2. The van der Waals surface area contributed by atoms with Crippen molar-refractivity contribution in [2.75, 3.05) is 57.9 Å². The number of carbonyl (C=O) groups is 1. The largest absolute Gasteiger partial charge is 0.469 e.